The van der Waals surface area contributed by atoms with Crippen LogP contribution in [0.4, 0.5) is 0 Å². The van der Waals surface area contributed by atoms with E-state index in [4.69, 9.17) is 12.2 Å². The van der Waals surface area contributed by atoms with Crippen molar-refractivity contribution in [2.75, 3.05) is 0 Å². The molecule has 0 N–H and O–H groups in total. The lowest BCUT2D eigenvalue weighted by Gasteiger charge is -1.85. The van der Waals surface area contributed by atoms with Crippen LogP contribution in [-0.2, 0) is 0 Å². The van der Waals surface area contributed by atoms with E-state index in [0.29, 0.717) is 4.32 Å². The van der Waals surface area contributed by atoms with Crippen molar-refractivity contribution in [3.63, 3.8) is 0 Å². The Morgan fingerprint density at radius 1 is 1.86 bits per heavy atom. The maximum absolute atomic E-state index is 4.70. The molecule has 0 amide bonds. The summed E-state index contributed by atoms with van der Waals surface area (Å²) in [6.07, 6.45) is 0. The third kappa shape index (κ3) is 1.21. The molecule has 0 saturated heterocycles. The van der Waals surface area contributed by atoms with Gasteiger partial charge in [-0.05, 0) is 19.1 Å². The van der Waals surface area contributed by atoms with Crippen molar-refractivity contribution in [2.24, 2.45) is 10.2 Å². The number of thiocarbonyl (C=S) groups is 1. The number of azo groups is 1. The molecular weight excluding hydrogens is 128 g/mol. The third-order valence-electron chi connectivity index (χ3n) is 0.573. The van der Waals surface area contributed by atoms with E-state index < -0.39 is 0 Å². The average Bonchev–Trinajstić information content (AvgIpc) is 1.87. The van der Waals surface area contributed by atoms with E-state index in [1.807, 2.05) is 6.92 Å². The Labute approximate surface area is 51.4 Å². The molecule has 0 saturated carbocycles. The Balaban J connectivity index is 2.58. The maximum Gasteiger partial charge on any atom is 0.184 e. The van der Waals surface area contributed by atoms with Gasteiger partial charge >= 0.3 is 0 Å². The van der Waals surface area contributed by atoms with Gasteiger partial charge in [-0.15, -0.1) is 5.11 Å². The first kappa shape index (κ1) is 5.18. The Hall–Kier alpha value is 0.0400. The lowest BCUT2D eigenvalue weighted by atomic mass is 10.8. The Bertz CT molecular complexity index is 120. The van der Waals surface area contributed by atoms with Gasteiger partial charge in [-0.25, -0.2) is 0 Å². The molecule has 1 unspecified atom stereocenters. The van der Waals surface area contributed by atoms with Crippen LogP contribution in [0.5, 0.6) is 0 Å². The van der Waals surface area contributed by atoms with Crippen molar-refractivity contribution in [1.82, 2.24) is 0 Å². The number of hydrogen-bond acceptors (Lipinski definition) is 3. The van der Waals surface area contributed by atoms with Crippen LogP contribution >= 0.6 is 24.0 Å². The molecule has 1 heterocycles. The second-order valence-electron chi connectivity index (χ2n) is 1.20. The maximum atomic E-state index is 4.70. The fourth-order valence-electron chi connectivity index (χ4n) is 0.321. The van der Waals surface area contributed by atoms with Gasteiger partial charge in [0.15, 0.2) is 4.32 Å². The molecule has 7 heavy (non-hydrogen) atoms. The molecule has 1 aliphatic rings. The van der Waals surface area contributed by atoms with Gasteiger partial charge in [0, 0.05) is 0 Å². The molecule has 4 heteroatoms. The zero-order valence-corrected chi connectivity index (χ0v) is 5.42. The highest BCUT2D eigenvalue weighted by molar-refractivity contribution is 8.23. The summed E-state index contributed by atoms with van der Waals surface area (Å²) in [7, 11) is 0. The SMILES string of the molecule is CC1N=NC(=S)S1. The smallest absolute Gasteiger partial charge is 0.173 e. The Kier molecular flexibility index (Phi) is 1.39. The predicted molar refractivity (Wildman–Crippen MR) is 34.5 cm³/mol. The number of hydrogen-bond donors (Lipinski definition) is 0. The number of nitrogens with zero attached hydrogens (tertiary/aromatic N) is 2. The summed E-state index contributed by atoms with van der Waals surface area (Å²) < 4.78 is 0.660. The summed E-state index contributed by atoms with van der Waals surface area (Å²) >= 11 is 6.22. The van der Waals surface area contributed by atoms with Crippen molar-refractivity contribution >= 4 is 28.3 Å². The first-order chi connectivity index (χ1) is 3.29. The van der Waals surface area contributed by atoms with Crippen molar-refractivity contribution in [1.29, 1.82) is 0 Å². The molecule has 1 atom stereocenters. The molecule has 0 aromatic carbocycles. The van der Waals surface area contributed by atoms with Gasteiger partial charge in [0.2, 0.25) is 0 Å². The first-order valence-electron chi connectivity index (χ1n) is 1.90. The predicted octanol–water partition coefficient (Wildman–Crippen LogP) is 1.82. The van der Waals surface area contributed by atoms with Gasteiger partial charge in [-0.2, -0.15) is 5.11 Å². The summed E-state index contributed by atoms with van der Waals surface area (Å²) in [5.74, 6) is 0. The minimum Gasteiger partial charge on any atom is -0.173 e. The Morgan fingerprint density at radius 2 is 2.57 bits per heavy atom. The summed E-state index contributed by atoms with van der Waals surface area (Å²) in [6, 6.07) is 0. The summed E-state index contributed by atoms with van der Waals surface area (Å²) in [5, 5.41) is 7.66. The highest BCUT2D eigenvalue weighted by atomic mass is 32.2. The van der Waals surface area contributed by atoms with Crippen LogP contribution in [0.25, 0.3) is 0 Å². The molecule has 38 valence electrons. The highest BCUT2D eigenvalue weighted by Gasteiger charge is 2.09. The van der Waals surface area contributed by atoms with Crippen LogP contribution in [0.1, 0.15) is 6.92 Å². The first-order valence-corrected chi connectivity index (χ1v) is 3.19. The van der Waals surface area contributed by atoms with Gasteiger partial charge in [0.1, 0.15) is 5.37 Å². The monoisotopic (exact) mass is 132 g/mol. The van der Waals surface area contributed by atoms with E-state index in [1.54, 1.807) is 0 Å². The molecule has 2 nitrogen and oxygen atoms in total. The van der Waals surface area contributed by atoms with Crippen LogP contribution in [0.3, 0.4) is 0 Å². The van der Waals surface area contributed by atoms with E-state index in [1.165, 1.54) is 11.8 Å². The minimum atomic E-state index is 0.257. The molecule has 0 aromatic heterocycles. The topological polar surface area (TPSA) is 24.7 Å². The molecule has 1 aliphatic heterocycles. The molecule has 0 aliphatic carbocycles. The summed E-state index contributed by atoms with van der Waals surface area (Å²) in [6.45, 7) is 1.97. The molecule has 1 rings (SSSR count). The summed E-state index contributed by atoms with van der Waals surface area (Å²) in [4.78, 5) is 0. The lowest BCUT2D eigenvalue weighted by molar-refractivity contribution is 0.983. The van der Waals surface area contributed by atoms with Gasteiger partial charge in [-0.1, -0.05) is 11.8 Å². The van der Waals surface area contributed by atoms with Gasteiger partial charge < -0.3 is 0 Å². The van der Waals surface area contributed by atoms with Gasteiger partial charge in [0.05, 0.1) is 0 Å². The van der Waals surface area contributed by atoms with Crippen molar-refractivity contribution < 1.29 is 0 Å². The van der Waals surface area contributed by atoms with Crippen LogP contribution < -0.4 is 0 Å². The van der Waals surface area contributed by atoms with Crippen LogP contribution in [0.2, 0.25) is 0 Å². The van der Waals surface area contributed by atoms with E-state index >= 15 is 0 Å². The highest BCUT2D eigenvalue weighted by Crippen LogP contribution is 2.21. The second kappa shape index (κ2) is 1.88. The van der Waals surface area contributed by atoms with E-state index in [0.717, 1.165) is 0 Å². The van der Waals surface area contributed by atoms with Crippen molar-refractivity contribution in [2.45, 2.75) is 12.3 Å². The van der Waals surface area contributed by atoms with E-state index in [9.17, 15) is 0 Å². The Morgan fingerprint density at radius 3 is 2.71 bits per heavy atom. The average molecular weight is 132 g/mol. The molecule has 0 aromatic rings. The van der Waals surface area contributed by atoms with Crippen LogP contribution in [0.15, 0.2) is 10.2 Å². The molecule has 0 radical (unpaired) electrons. The zero-order valence-electron chi connectivity index (χ0n) is 3.79. The largest absolute Gasteiger partial charge is 0.184 e. The van der Waals surface area contributed by atoms with E-state index in [2.05, 4.69) is 10.2 Å². The molecule has 0 spiro atoms. The van der Waals surface area contributed by atoms with Crippen LogP contribution in [0, 0.1) is 0 Å². The van der Waals surface area contributed by atoms with E-state index in [-0.39, 0.29) is 5.37 Å². The minimum absolute atomic E-state index is 0.257. The quantitative estimate of drug-likeness (QED) is 0.469. The fraction of sp³-hybridized carbons (Fsp3) is 0.667. The van der Waals surface area contributed by atoms with Crippen molar-refractivity contribution in [3.8, 4) is 0 Å². The normalized spacial score (nSPS) is 29.3. The summed E-state index contributed by atoms with van der Waals surface area (Å²) in [5.41, 5.74) is 0. The third-order valence-corrected chi connectivity index (χ3v) is 1.66. The second-order valence-corrected chi connectivity index (χ2v) is 3.15. The fourth-order valence-corrected chi connectivity index (χ4v) is 1.27. The molecule has 0 fully saturated rings. The lowest BCUT2D eigenvalue weighted by Crippen LogP contribution is -1.81. The number of thioether (sulfide) groups is 1. The van der Waals surface area contributed by atoms with Crippen LogP contribution in [-0.4, -0.2) is 9.69 Å². The standard InChI is InChI=1S/C3H4N2S2/c1-2-4-5-3(6)7-2/h2H,1H3. The molecular formula is C3H4N2S2. The van der Waals surface area contributed by atoms with Gasteiger partial charge in [0.25, 0.3) is 0 Å². The van der Waals surface area contributed by atoms with Crippen molar-refractivity contribution in [3.05, 3.63) is 0 Å². The number of rotatable bonds is 0. The van der Waals surface area contributed by atoms with Gasteiger partial charge in [-0.3, -0.25) is 0 Å². The molecule has 0 bridgehead atoms. The zero-order chi connectivity index (χ0) is 5.28.